The van der Waals surface area contributed by atoms with Crippen LogP contribution in [0.5, 0.6) is 0 Å². The monoisotopic (exact) mass is 507 g/mol. The van der Waals surface area contributed by atoms with Crippen LogP contribution in [0.2, 0.25) is 5.02 Å². The van der Waals surface area contributed by atoms with Crippen LogP contribution in [0.3, 0.4) is 0 Å². The van der Waals surface area contributed by atoms with E-state index in [1.165, 1.54) is 10.6 Å². The first-order valence-electron chi connectivity index (χ1n) is 10.1. The highest BCUT2D eigenvalue weighted by atomic mass is 35.5. The third kappa shape index (κ3) is 6.26. The van der Waals surface area contributed by atoms with Crippen molar-refractivity contribution in [1.82, 2.24) is 14.5 Å². The summed E-state index contributed by atoms with van der Waals surface area (Å²) in [5.41, 5.74) is 2.36. The number of carbonyl (C=O) groups excluding carboxylic acids is 1. The van der Waals surface area contributed by atoms with Gasteiger partial charge < -0.3 is 14.6 Å². The summed E-state index contributed by atoms with van der Waals surface area (Å²) in [6.07, 6.45) is 1.23. The third-order valence-electron chi connectivity index (χ3n) is 5.03. The fourth-order valence-corrected chi connectivity index (χ4v) is 4.94. The van der Waals surface area contributed by atoms with Gasteiger partial charge in [-0.3, -0.25) is 4.79 Å². The Balaban J connectivity index is 1.26. The second-order valence-electron chi connectivity index (χ2n) is 7.42. The summed E-state index contributed by atoms with van der Waals surface area (Å²) in [6.45, 7) is 2.17. The van der Waals surface area contributed by atoms with Crippen molar-refractivity contribution < 1.29 is 17.6 Å². The van der Waals surface area contributed by atoms with E-state index in [9.17, 15) is 13.2 Å². The summed E-state index contributed by atoms with van der Waals surface area (Å²) in [6, 6.07) is 14.6. The van der Waals surface area contributed by atoms with Crippen molar-refractivity contribution in [2.24, 2.45) is 0 Å². The van der Waals surface area contributed by atoms with Gasteiger partial charge in [0.2, 0.25) is 21.8 Å². The molecule has 174 valence electrons. The minimum atomic E-state index is -3.16. The molecule has 33 heavy (non-hydrogen) atoms. The number of sulfonamides is 1. The molecule has 4 rings (SSSR count). The van der Waals surface area contributed by atoms with Crippen molar-refractivity contribution in [2.45, 2.75) is 5.22 Å². The fourth-order valence-electron chi connectivity index (χ4n) is 3.36. The van der Waals surface area contributed by atoms with Crippen LogP contribution in [0.1, 0.15) is 0 Å². The number of hydrogen-bond acceptors (Lipinski definition) is 8. The first-order chi connectivity index (χ1) is 15.8. The van der Waals surface area contributed by atoms with Crippen LogP contribution >= 0.6 is 23.4 Å². The Morgan fingerprint density at radius 2 is 1.85 bits per heavy atom. The van der Waals surface area contributed by atoms with Gasteiger partial charge in [0, 0.05) is 48.1 Å². The molecule has 1 amide bonds. The highest BCUT2D eigenvalue weighted by Crippen LogP contribution is 2.25. The number of rotatable bonds is 7. The Labute approximate surface area is 201 Å². The molecule has 1 aliphatic rings. The van der Waals surface area contributed by atoms with Gasteiger partial charge in [-0.1, -0.05) is 29.4 Å². The van der Waals surface area contributed by atoms with Crippen LogP contribution in [-0.2, 0) is 14.8 Å². The third-order valence-corrected chi connectivity index (χ3v) is 7.39. The summed E-state index contributed by atoms with van der Waals surface area (Å²) in [5.74, 6) is 0.261. The second kappa shape index (κ2) is 10.1. The average molecular weight is 508 g/mol. The molecular weight excluding hydrogens is 486 g/mol. The van der Waals surface area contributed by atoms with E-state index in [4.69, 9.17) is 16.0 Å². The molecule has 0 aliphatic carbocycles. The van der Waals surface area contributed by atoms with Crippen LogP contribution in [-0.4, -0.2) is 67.0 Å². The van der Waals surface area contributed by atoms with E-state index in [0.29, 0.717) is 53.6 Å². The van der Waals surface area contributed by atoms with Crippen molar-refractivity contribution >= 4 is 50.7 Å². The van der Waals surface area contributed by atoms with Gasteiger partial charge in [0.15, 0.2) is 0 Å². The summed E-state index contributed by atoms with van der Waals surface area (Å²) >= 11 is 7.13. The zero-order valence-corrected chi connectivity index (χ0v) is 20.2. The van der Waals surface area contributed by atoms with E-state index in [0.717, 1.165) is 17.4 Å². The molecule has 0 bridgehead atoms. The Morgan fingerprint density at radius 3 is 2.52 bits per heavy atom. The summed E-state index contributed by atoms with van der Waals surface area (Å²) in [4.78, 5) is 14.4. The molecule has 3 aromatic rings. The number of nitrogens with zero attached hydrogens (tertiary/aromatic N) is 4. The van der Waals surface area contributed by atoms with Gasteiger partial charge in [-0.25, -0.2) is 8.42 Å². The Bertz CT molecular complexity index is 1230. The summed E-state index contributed by atoms with van der Waals surface area (Å²) in [7, 11) is -3.16. The molecule has 0 spiro atoms. The summed E-state index contributed by atoms with van der Waals surface area (Å²) in [5, 5.41) is 11.7. The van der Waals surface area contributed by atoms with Gasteiger partial charge in [-0.05, 0) is 42.5 Å². The molecule has 0 saturated carbocycles. The standard InChI is InChI=1S/C21H22ClN5O4S2/c1-33(29,30)27-11-9-26(10-12-27)18-7-5-17(6-8-18)23-19(28)14-32-21-25-24-20(31-21)15-3-2-4-16(22)13-15/h2-8,13H,9-12,14H2,1H3,(H,23,28). The predicted octanol–water partition coefficient (Wildman–Crippen LogP) is 3.20. The quantitative estimate of drug-likeness (QED) is 0.486. The molecule has 1 saturated heterocycles. The molecular formula is C21H22ClN5O4S2. The maximum Gasteiger partial charge on any atom is 0.277 e. The van der Waals surface area contributed by atoms with Gasteiger partial charge in [0.05, 0.1) is 12.0 Å². The lowest BCUT2D eigenvalue weighted by Gasteiger charge is -2.34. The molecule has 1 aromatic heterocycles. The molecule has 0 atom stereocenters. The molecule has 1 aliphatic heterocycles. The molecule has 1 fully saturated rings. The number of amides is 1. The van der Waals surface area contributed by atoms with Gasteiger partial charge in [-0.15, -0.1) is 10.2 Å². The minimum Gasteiger partial charge on any atom is -0.411 e. The lowest BCUT2D eigenvalue weighted by molar-refractivity contribution is -0.113. The van der Waals surface area contributed by atoms with Crippen molar-refractivity contribution in [3.8, 4) is 11.5 Å². The van der Waals surface area contributed by atoms with Crippen molar-refractivity contribution in [3.63, 3.8) is 0 Å². The topological polar surface area (TPSA) is 109 Å². The van der Waals surface area contributed by atoms with Crippen LogP contribution in [0.15, 0.2) is 58.2 Å². The number of halogens is 1. The fraction of sp³-hybridized carbons (Fsp3) is 0.286. The molecule has 2 heterocycles. The lowest BCUT2D eigenvalue weighted by atomic mass is 10.2. The zero-order valence-electron chi connectivity index (χ0n) is 17.8. The Hall–Kier alpha value is -2.60. The van der Waals surface area contributed by atoms with Crippen molar-refractivity contribution in [3.05, 3.63) is 53.6 Å². The van der Waals surface area contributed by atoms with E-state index in [1.54, 1.807) is 18.2 Å². The number of nitrogens with one attached hydrogen (secondary N) is 1. The van der Waals surface area contributed by atoms with Crippen LogP contribution in [0.25, 0.3) is 11.5 Å². The molecule has 2 aromatic carbocycles. The largest absolute Gasteiger partial charge is 0.411 e. The smallest absolute Gasteiger partial charge is 0.277 e. The summed E-state index contributed by atoms with van der Waals surface area (Å²) < 4.78 is 30.4. The minimum absolute atomic E-state index is 0.117. The Morgan fingerprint density at radius 1 is 1.12 bits per heavy atom. The van der Waals surface area contributed by atoms with Crippen LogP contribution < -0.4 is 10.2 Å². The predicted molar refractivity (Wildman–Crippen MR) is 129 cm³/mol. The average Bonchev–Trinajstić information content (AvgIpc) is 3.27. The van der Waals surface area contributed by atoms with E-state index in [-0.39, 0.29) is 11.7 Å². The molecule has 9 nitrogen and oxygen atoms in total. The Kier molecular flexibility index (Phi) is 7.23. The number of thioether (sulfide) groups is 1. The SMILES string of the molecule is CS(=O)(=O)N1CCN(c2ccc(NC(=O)CSc3nnc(-c4cccc(Cl)c4)o3)cc2)CC1. The maximum absolute atomic E-state index is 12.3. The van der Waals surface area contributed by atoms with Crippen LogP contribution in [0.4, 0.5) is 11.4 Å². The first-order valence-corrected chi connectivity index (χ1v) is 13.3. The van der Waals surface area contributed by atoms with Crippen molar-refractivity contribution in [1.29, 1.82) is 0 Å². The number of carbonyl (C=O) groups is 1. The number of piperazine rings is 1. The molecule has 1 N–H and O–H groups in total. The second-order valence-corrected chi connectivity index (χ2v) is 10.8. The number of aromatic nitrogens is 2. The molecule has 0 radical (unpaired) electrons. The highest BCUT2D eigenvalue weighted by Gasteiger charge is 2.23. The van der Waals surface area contributed by atoms with Gasteiger partial charge in [0.1, 0.15) is 0 Å². The number of anilines is 2. The van der Waals surface area contributed by atoms with E-state index in [2.05, 4.69) is 20.4 Å². The van der Waals surface area contributed by atoms with Crippen molar-refractivity contribution in [2.75, 3.05) is 48.4 Å². The van der Waals surface area contributed by atoms with Crippen LogP contribution in [0, 0.1) is 0 Å². The number of benzene rings is 2. The van der Waals surface area contributed by atoms with E-state index >= 15 is 0 Å². The van der Waals surface area contributed by atoms with E-state index in [1.807, 2.05) is 30.3 Å². The van der Waals surface area contributed by atoms with Gasteiger partial charge >= 0.3 is 0 Å². The van der Waals surface area contributed by atoms with Gasteiger partial charge in [0.25, 0.3) is 5.22 Å². The van der Waals surface area contributed by atoms with Gasteiger partial charge in [-0.2, -0.15) is 4.31 Å². The maximum atomic E-state index is 12.3. The zero-order chi connectivity index (χ0) is 23.4. The lowest BCUT2D eigenvalue weighted by Crippen LogP contribution is -2.48. The van der Waals surface area contributed by atoms with E-state index < -0.39 is 10.0 Å². The molecule has 0 unspecified atom stereocenters. The normalized spacial score (nSPS) is 14.9. The number of hydrogen-bond donors (Lipinski definition) is 1. The highest BCUT2D eigenvalue weighted by molar-refractivity contribution is 7.99. The molecule has 12 heteroatoms. The first kappa shape index (κ1) is 23.6.